The fourth-order valence-corrected chi connectivity index (χ4v) is 2.70. The third-order valence-corrected chi connectivity index (χ3v) is 3.90. The fourth-order valence-electron chi connectivity index (χ4n) is 2.70. The third kappa shape index (κ3) is 3.74. The molecule has 1 aliphatic rings. The molecule has 1 fully saturated rings. The molecule has 5 nitrogen and oxygen atoms in total. The van der Waals surface area contributed by atoms with Crippen molar-refractivity contribution in [2.24, 2.45) is 0 Å². The van der Waals surface area contributed by atoms with Crippen molar-refractivity contribution in [2.75, 3.05) is 19.7 Å². The van der Waals surface area contributed by atoms with Gasteiger partial charge in [0.25, 0.3) is 5.91 Å². The number of amides is 1. The summed E-state index contributed by atoms with van der Waals surface area (Å²) in [6.07, 6.45) is 4.45. The maximum Gasteiger partial charge on any atom is 0.276 e. The van der Waals surface area contributed by atoms with Gasteiger partial charge in [0, 0.05) is 25.8 Å². The van der Waals surface area contributed by atoms with Crippen molar-refractivity contribution in [1.82, 2.24) is 10.1 Å². The zero-order valence-corrected chi connectivity index (χ0v) is 12.5. The molecule has 0 spiro atoms. The van der Waals surface area contributed by atoms with Gasteiger partial charge in [-0.25, -0.2) is 0 Å². The normalized spacial score (nSPS) is 17.8. The number of aryl methyl sites for hydroxylation is 1. The Labute approximate surface area is 129 Å². The predicted molar refractivity (Wildman–Crippen MR) is 81.5 cm³/mol. The van der Waals surface area contributed by atoms with Crippen LogP contribution in [-0.2, 0) is 11.2 Å². The Hall–Kier alpha value is -2.14. The lowest BCUT2D eigenvalue weighted by molar-refractivity contribution is 0.0521. The van der Waals surface area contributed by atoms with Crippen LogP contribution in [0.5, 0.6) is 0 Å². The van der Waals surface area contributed by atoms with Gasteiger partial charge in [-0.15, -0.1) is 0 Å². The second kappa shape index (κ2) is 7.22. The van der Waals surface area contributed by atoms with Crippen LogP contribution in [0.1, 0.15) is 28.9 Å². The number of likely N-dealkylation sites (tertiary alicyclic amines) is 1. The van der Waals surface area contributed by atoms with E-state index in [1.54, 1.807) is 11.0 Å². The van der Waals surface area contributed by atoms with Crippen molar-refractivity contribution >= 4 is 5.91 Å². The van der Waals surface area contributed by atoms with E-state index in [0.29, 0.717) is 12.2 Å². The Balaban J connectivity index is 1.37. The van der Waals surface area contributed by atoms with Crippen molar-refractivity contribution in [3.05, 3.63) is 53.9 Å². The summed E-state index contributed by atoms with van der Waals surface area (Å²) in [6, 6.07) is 12.0. The van der Waals surface area contributed by atoms with Crippen LogP contribution < -0.4 is 0 Å². The Morgan fingerprint density at radius 1 is 1.32 bits per heavy atom. The van der Waals surface area contributed by atoms with Crippen LogP contribution >= 0.6 is 0 Å². The van der Waals surface area contributed by atoms with E-state index in [9.17, 15) is 4.79 Å². The molecule has 0 radical (unpaired) electrons. The lowest BCUT2D eigenvalue weighted by atomic mass is 10.1. The van der Waals surface area contributed by atoms with E-state index in [1.807, 2.05) is 6.07 Å². The highest BCUT2D eigenvalue weighted by atomic mass is 16.5. The minimum absolute atomic E-state index is 0.0795. The molecule has 3 rings (SSSR count). The molecule has 0 unspecified atom stereocenters. The maximum atomic E-state index is 12.1. The summed E-state index contributed by atoms with van der Waals surface area (Å²) in [5, 5.41) is 3.69. The summed E-state index contributed by atoms with van der Waals surface area (Å²) in [5.41, 5.74) is 1.70. The van der Waals surface area contributed by atoms with Crippen molar-refractivity contribution in [2.45, 2.75) is 25.4 Å². The van der Waals surface area contributed by atoms with E-state index in [4.69, 9.17) is 9.26 Å². The molecule has 0 bridgehead atoms. The van der Waals surface area contributed by atoms with Gasteiger partial charge < -0.3 is 14.2 Å². The molecule has 0 saturated carbocycles. The van der Waals surface area contributed by atoms with E-state index in [2.05, 4.69) is 29.4 Å². The zero-order valence-electron chi connectivity index (χ0n) is 12.5. The first-order valence-corrected chi connectivity index (χ1v) is 7.68. The van der Waals surface area contributed by atoms with Crippen LogP contribution in [0.15, 0.2) is 47.2 Å². The molecule has 1 aromatic carbocycles. The molecule has 2 heterocycles. The SMILES string of the molecule is O=C(c1ccon1)N1CC[C@@H](OCCCc2ccccc2)C1. The number of hydrogen-bond acceptors (Lipinski definition) is 4. The van der Waals surface area contributed by atoms with Gasteiger partial charge in [0.05, 0.1) is 6.10 Å². The topological polar surface area (TPSA) is 55.6 Å². The van der Waals surface area contributed by atoms with Crippen LogP contribution in [0.3, 0.4) is 0 Å². The first kappa shape index (κ1) is 14.8. The highest BCUT2D eigenvalue weighted by Gasteiger charge is 2.28. The van der Waals surface area contributed by atoms with Crippen molar-refractivity contribution in [3.8, 4) is 0 Å². The number of ether oxygens (including phenoxy) is 1. The molecule has 5 heteroatoms. The van der Waals surface area contributed by atoms with Crippen LogP contribution in [0, 0.1) is 0 Å². The first-order chi connectivity index (χ1) is 10.8. The predicted octanol–water partition coefficient (Wildman–Crippen LogP) is 2.54. The second-order valence-electron chi connectivity index (χ2n) is 5.51. The smallest absolute Gasteiger partial charge is 0.276 e. The molecular formula is C17H20N2O3. The molecule has 1 atom stereocenters. The van der Waals surface area contributed by atoms with Crippen LogP contribution in [0.25, 0.3) is 0 Å². The van der Waals surface area contributed by atoms with Crippen molar-refractivity contribution < 1.29 is 14.1 Å². The van der Waals surface area contributed by atoms with Crippen LogP contribution in [0.2, 0.25) is 0 Å². The average Bonchev–Trinajstić information content (AvgIpc) is 3.24. The molecule has 22 heavy (non-hydrogen) atoms. The highest BCUT2D eigenvalue weighted by molar-refractivity contribution is 5.92. The third-order valence-electron chi connectivity index (χ3n) is 3.90. The number of benzene rings is 1. The minimum atomic E-state index is -0.0795. The standard InChI is InChI=1S/C17H20N2O3/c20-17(16-9-12-22-18-16)19-10-8-15(13-19)21-11-4-7-14-5-2-1-3-6-14/h1-3,5-6,9,12,15H,4,7-8,10-11,13H2/t15-/m1/s1. The number of carbonyl (C=O) groups is 1. The lowest BCUT2D eigenvalue weighted by Gasteiger charge is -2.15. The molecule has 0 N–H and O–H groups in total. The van der Waals surface area contributed by atoms with Gasteiger partial charge in [0.2, 0.25) is 0 Å². The fraction of sp³-hybridized carbons (Fsp3) is 0.412. The number of carbonyl (C=O) groups excluding carboxylic acids is 1. The Kier molecular flexibility index (Phi) is 4.85. The number of rotatable bonds is 6. The van der Waals surface area contributed by atoms with E-state index in [1.165, 1.54) is 11.8 Å². The van der Waals surface area contributed by atoms with Crippen molar-refractivity contribution in [1.29, 1.82) is 0 Å². The Bertz CT molecular complexity index is 583. The number of aromatic nitrogens is 1. The summed E-state index contributed by atoms with van der Waals surface area (Å²) in [7, 11) is 0. The zero-order chi connectivity index (χ0) is 15.2. The number of nitrogens with zero attached hydrogens (tertiary/aromatic N) is 2. The van der Waals surface area contributed by atoms with Crippen LogP contribution in [0.4, 0.5) is 0 Å². The quantitative estimate of drug-likeness (QED) is 0.769. The highest BCUT2D eigenvalue weighted by Crippen LogP contribution is 2.16. The number of hydrogen-bond donors (Lipinski definition) is 0. The van der Waals surface area contributed by atoms with Crippen molar-refractivity contribution in [3.63, 3.8) is 0 Å². The van der Waals surface area contributed by atoms with Gasteiger partial charge in [-0.1, -0.05) is 35.5 Å². The van der Waals surface area contributed by atoms with Gasteiger partial charge in [0.1, 0.15) is 6.26 Å². The first-order valence-electron chi connectivity index (χ1n) is 7.68. The summed E-state index contributed by atoms with van der Waals surface area (Å²) >= 11 is 0. The lowest BCUT2D eigenvalue weighted by Crippen LogP contribution is -2.30. The monoisotopic (exact) mass is 300 g/mol. The van der Waals surface area contributed by atoms with Gasteiger partial charge >= 0.3 is 0 Å². The van der Waals surface area contributed by atoms with E-state index in [0.717, 1.165) is 32.4 Å². The summed E-state index contributed by atoms with van der Waals surface area (Å²) in [6.45, 7) is 2.08. The molecule has 1 aromatic heterocycles. The van der Waals surface area contributed by atoms with Gasteiger partial charge in [0.15, 0.2) is 5.69 Å². The van der Waals surface area contributed by atoms with Gasteiger partial charge in [-0.3, -0.25) is 4.79 Å². The molecule has 116 valence electrons. The van der Waals surface area contributed by atoms with E-state index < -0.39 is 0 Å². The molecule has 2 aromatic rings. The Morgan fingerprint density at radius 3 is 2.95 bits per heavy atom. The van der Waals surface area contributed by atoms with E-state index in [-0.39, 0.29) is 12.0 Å². The molecule has 1 aliphatic heterocycles. The Morgan fingerprint density at radius 2 is 2.18 bits per heavy atom. The molecule has 1 amide bonds. The minimum Gasteiger partial charge on any atom is -0.376 e. The average molecular weight is 300 g/mol. The maximum absolute atomic E-state index is 12.1. The summed E-state index contributed by atoms with van der Waals surface area (Å²) in [5.74, 6) is -0.0795. The largest absolute Gasteiger partial charge is 0.376 e. The second-order valence-corrected chi connectivity index (χ2v) is 5.51. The van der Waals surface area contributed by atoms with E-state index >= 15 is 0 Å². The molecule has 1 saturated heterocycles. The van der Waals surface area contributed by atoms with Gasteiger partial charge in [-0.2, -0.15) is 0 Å². The summed E-state index contributed by atoms with van der Waals surface area (Å²) in [4.78, 5) is 13.9. The molecule has 0 aliphatic carbocycles. The van der Waals surface area contributed by atoms with Gasteiger partial charge in [-0.05, 0) is 24.8 Å². The summed E-state index contributed by atoms with van der Waals surface area (Å²) < 4.78 is 10.6. The molecular weight excluding hydrogens is 280 g/mol. The van der Waals surface area contributed by atoms with Crippen LogP contribution in [-0.4, -0.2) is 41.8 Å².